The maximum Gasteiger partial charge on any atom is 0.316 e. The fraction of sp³-hybridized carbons (Fsp3) is 0.200. The molecule has 206 valence electrons. The predicted molar refractivity (Wildman–Crippen MR) is 155 cm³/mol. The van der Waals surface area contributed by atoms with Crippen molar-refractivity contribution in [2.24, 2.45) is 17.8 Å². The Morgan fingerprint density at radius 1 is 0.619 bits per heavy atom. The van der Waals surface area contributed by atoms with Crippen LogP contribution in [0.1, 0.15) is 40.5 Å². The Kier molecular flexibility index (Phi) is 5.44. The van der Waals surface area contributed by atoms with Gasteiger partial charge in [-0.1, -0.05) is 66.7 Å². The second kappa shape index (κ2) is 9.24. The van der Waals surface area contributed by atoms with Crippen LogP contribution < -0.4 is 14.5 Å². The highest BCUT2D eigenvalue weighted by Gasteiger charge is 2.61. The Hall–Kier alpha value is -5.04. The van der Waals surface area contributed by atoms with E-state index in [1.165, 1.54) is 4.90 Å². The Morgan fingerprint density at radius 3 is 1.64 bits per heavy atom. The Bertz CT molecular complexity index is 1670. The lowest BCUT2D eigenvalue weighted by Gasteiger charge is -2.45. The van der Waals surface area contributed by atoms with Gasteiger partial charge < -0.3 is 9.64 Å². The third kappa shape index (κ3) is 3.52. The van der Waals surface area contributed by atoms with E-state index in [0.29, 0.717) is 11.4 Å². The van der Waals surface area contributed by atoms with E-state index >= 15 is 0 Å². The standard InChI is InChI=1S/C35H26N2O5/c38-28-18-20(19-36(28)21-8-2-1-3-9-21)35(41)42-23-16-14-22(15-17-23)37-33(39)31-29-24-10-4-5-11-25(24)30(32(31)34(37)40)27-13-7-6-12-26(27)29/h1-17,20,29-32H,18-19H2/t20-,29?,30?,31-,32+/m1/s1. The number of ether oxygens (including phenoxy) is 1. The summed E-state index contributed by atoms with van der Waals surface area (Å²) in [6.07, 6.45) is 0.0818. The molecule has 0 unspecified atom stereocenters. The van der Waals surface area contributed by atoms with Gasteiger partial charge in [-0.3, -0.25) is 19.2 Å². The van der Waals surface area contributed by atoms with E-state index in [2.05, 4.69) is 24.3 Å². The van der Waals surface area contributed by atoms with Gasteiger partial charge in [0.15, 0.2) is 0 Å². The highest BCUT2D eigenvalue weighted by atomic mass is 16.5. The summed E-state index contributed by atoms with van der Waals surface area (Å²) in [5, 5.41) is 0. The molecule has 3 aliphatic carbocycles. The van der Waals surface area contributed by atoms with Gasteiger partial charge in [-0.15, -0.1) is 0 Å². The van der Waals surface area contributed by atoms with E-state index in [-0.39, 0.29) is 42.5 Å². The number of esters is 1. The summed E-state index contributed by atoms with van der Waals surface area (Å²) in [4.78, 5) is 56.3. The SMILES string of the molecule is O=C(Oc1ccc(N2C(=O)[C@@H]3C4c5ccccc5C(c5ccccc54)[C@@H]3C2=O)cc1)[C@@H]1CC(=O)N(c2ccccc2)C1. The molecule has 7 heteroatoms. The van der Waals surface area contributed by atoms with E-state index in [4.69, 9.17) is 4.74 Å². The van der Waals surface area contributed by atoms with Gasteiger partial charge in [0, 0.05) is 30.5 Å². The smallest absolute Gasteiger partial charge is 0.316 e. The van der Waals surface area contributed by atoms with Crippen molar-refractivity contribution in [1.29, 1.82) is 0 Å². The van der Waals surface area contributed by atoms with Crippen molar-refractivity contribution in [2.45, 2.75) is 18.3 Å². The van der Waals surface area contributed by atoms with Crippen molar-refractivity contribution in [1.82, 2.24) is 0 Å². The van der Waals surface area contributed by atoms with Crippen molar-refractivity contribution < 1.29 is 23.9 Å². The average molecular weight is 555 g/mol. The van der Waals surface area contributed by atoms with Gasteiger partial charge in [0.05, 0.1) is 23.4 Å². The molecule has 2 aliphatic heterocycles. The first-order valence-corrected chi connectivity index (χ1v) is 14.2. The van der Waals surface area contributed by atoms with Gasteiger partial charge in [0.1, 0.15) is 5.75 Å². The zero-order valence-electron chi connectivity index (χ0n) is 22.6. The number of hydrogen-bond donors (Lipinski definition) is 0. The van der Waals surface area contributed by atoms with Crippen LogP contribution in [0.15, 0.2) is 103 Å². The number of anilines is 2. The first kappa shape index (κ1) is 24.7. The van der Waals surface area contributed by atoms with E-state index in [1.54, 1.807) is 29.2 Å². The molecule has 2 fully saturated rings. The molecule has 3 amide bonds. The number of para-hydroxylation sites is 1. The first-order chi connectivity index (χ1) is 20.5. The molecule has 4 aromatic rings. The molecule has 4 aromatic carbocycles. The Morgan fingerprint density at radius 2 is 1.12 bits per heavy atom. The van der Waals surface area contributed by atoms with Gasteiger partial charge in [-0.05, 0) is 58.7 Å². The largest absolute Gasteiger partial charge is 0.426 e. The maximum atomic E-state index is 14.0. The molecule has 2 heterocycles. The zero-order chi connectivity index (χ0) is 28.5. The predicted octanol–water partition coefficient (Wildman–Crippen LogP) is 5.04. The molecule has 0 N–H and O–H groups in total. The van der Waals surface area contributed by atoms with Crippen LogP contribution >= 0.6 is 0 Å². The maximum absolute atomic E-state index is 14.0. The number of hydrogen-bond acceptors (Lipinski definition) is 5. The van der Waals surface area contributed by atoms with E-state index in [9.17, 15) is 19.2 Å². The first-order valence-electron chi connectivity index (χ1n) is 14.2. The van der Waals surface area contributed by atoms with Crippen LogP contribution in [-0.4, -0.2) is 30.2 Å². The van der Waals surface area contributed by atoms with Gasteiger partial charge in [-0.25, -0.2) is 4.90 Å². The average Bonchev–Trinajstić information content (AvgIpc) is 3.55. The summed E-state index contributed by atoms with van der Waals surface area (Å²) in [5.41, 5.74) is 5.72. The summed E-state index contributed by atoms with van der Waals surface area (Å²) in [7, 11) is 0. The summed E-state index contributed by atoms with van der Waals surface area (Å²) in [5.74, 6) is -2.54. The number of benzene rings is 4. The van der Waals surface area contributed by atoms with Crippen LogP contribution in [-0.2, 0) is 19.2 Å². The van der Waals surface area contributed by atoms with Crippen molar-refractivity contribution in [3.63, 3.8) is 0 Å². The molecule has 3 atom stereocenters. The molecule has 0 spiro atoms. The second-order valence-electron chi connectivity index (χ2n) is 11.4. The van der Waals surface area contributed by atoms with Gasteiger partial charge in [-0.2, -0.15) is 0 Å². The van der Waals surface area contributed by atoms with Crippen molar-refractivity contribution in [2.75, 3.05) is 16.3 Å². The number of amides is 3. The van der Waals surface area contributed by atoms with E-state index in [1.807, 2.05) is 54.6 Å². The summed E-state index contributed by atoms with van der Waals surface area (Å²) in [6, 6.07) is 32.1. The monoisotopic (exact) mass is 554 g/mol. The molecular formula is C35H26N2O5. The number of nitrogens with zero attached hydrogens (tertiary/aromatic N) is 2. The molecule has 0 radical (unpaired) electrons. The highest BCUT2D eigenvalue weighted by Crippen LogP contribution is 2.61. The lowest BCUT2D eigenvalue weighted by molar-refractivity contribution is -0.139. The lowest BCUT2D eigenvalue weighted by Crippen LogP contribution is -2.41. The fourth-order valence-electron chi connectivity index (χ4n) is 7.52. The van der Waals surface area contributed by atoms with Crippen LogP contribution in [0.4, 0.5) is 11.4 Å². The van der Waals surface area contributed by atoms with Crippen molar-refractivity contribution in [3.8, 4) is 5.75 Å². The quantitative estimate of drug-likeness (QED) is 0.201. The van der Waals surface area contributed by atoms with Gasteiger partial charge >= 0.3 is 5.97 Å². The third-order valence-electron chi connectivity index (χ3n) is 9.29. The lowest BCUT2D eigenvalue weighted by atomic mass is 9.55. The number of imide groups is 1. The van der Waals surface area contributed by atoms with Crippen LogP contribution in [0.2, 0.25) is 0 Å². The zero-order valence-corrected chi connectivity index (χ0v) is 22.6. The van der Waals surface area contributed by atoms with Crippen molar-refractivity contribution in [3.05, 3.63) is 125 Å². The fourth-order valence-corrected chi connectivity index (χ4v) is 7.52. The number of rotatable bonds is 4. The van der Waals surface area contributed by atoms with Crippen molar-refractivity contribution >= 4 is 35.1 Å². The molecular weight excluding hydrogens is 528 g/mol. The van der Waals surface area contributed by atoms with Crippen LogP contribution in [0.25, 0.3) is 0 Å². The normalized spacial score (nSPS) is 25.3. The molecule has 7 nitrogen and oxygen atoms in total. The molecule has 0 saturated carbocycles. The van der Waals surface area contributed by atoms with Crippen LogP contribution in [0, 0.1) is 17.8 Å². The Labute approximate surface area is 242 Å². The second-order valence-corrected chi connectivity index (χ2v) is 11.4. The molecule has 2 saturated heterocycles. The minimum absolute atomic E-state index is 0.0818. The summed E-state index contributed by atoms with van der Waals surface area (Å²) < 4.78 is 5.62. The van der Waals surface area contributed by atoms with E-state index < -0.39 is 23.7 Å². The Balaban J connectivity index is 1.03. The molecule has 0 aromatic heterocycles. The molecule has 9 rings (SSSR count). The molecule has 42 heavy (non-hydrogen) atoms. The molecule has 2 bridgehead atoms. The summed E-state index contributed by atoms with van der Waals surface area (Å²) in [6.45, 7) is 0.256. The topological polar surface area (TPSA) is 84.0 Å². The number of carbonyl (C=O) groups is 4. The number of carbonyl (C=O) groups excluding carboxylic acids is 4. The molecule has 5 aliphatic rings. The minimum Gasteiger partial charge on any atom is -0.426 e. The third-order valence-corrected chi connectivity index (χ3v) is 9.29. The van der Waals surface area contributed by atoms with Crippen LogP contribution in [0.5, 0.6) is 5.75 Å². The minimum atomic E-state index is -0.582. The van der Waals surface area contributed by atoms with E-state index in [0.717, 1.165) is 27.9 Å². The van der Waals surface area contributed by atoms with Crippen LogP contribution in [0.3, 0.4) is 0 Å². The highest BCUT2D eigenvalue weighted by molar-refractivity contribution is 6.23. The summed E-state index contributed by atoms with van der Waals surface area (Å²) >= 11 is 0. The van der Waals surface area contributed by atoms with Gasteiger partial charge in [0.25, 0.3) is 0 Å². The van der Waals surface area contributed by atoms with Gasteiger partial charge in [0.2, 0.25) is 17.7 Å².